The molecule has 0 aliphatic carbocycles. The molecule has 6 aromatic rings. The predicted octanol–water partition coefficient (Wildman–Crippen LogP) is 8.43. The largest absolute Gasteiger partial charge is 0.497 e. The van der Waals surface area contributed by atoms with Crippen molar-refractivity contribution >= 4 is 21.8 Å². The molecule has 3 aromatic carbocycles. The lowest BCUT2D eigenvalue weighted by Gasteiger charge is -2.14. The van der Waals surface area contributed by atoms with Crippen molar-refractivity contribution in [3.8, 4) is 45.4 Å². The van der Waals surface area contributed by atoms with Crippen LogP contribution in [0.5, 0.6) is 11.5 Å². The molecule has 198 valence electrons. The molecule has 0 radical (unpaired) electrons. The van der Waals surface area contributed by atoms with Crippen LogP contribution in [0.4, 0.5) is 0 Å². The zero-order chi connectivity index (χ0) is 28.0. The van der Waals surface area contributed by atoms with E-state index in [9.17, 15) is 0 Å². The molecule has 0 spiro atoms. The number of methoxy groups -OCH3 is 2. The maximum atomic E-state index is 5.47. The van der Waals surface area contributed by atoms with E-state index in [0.29, 0.717) is 0 Å². The molecule has 0 saturated carbocycles. The topological polar surface area (TPSA) is 57.1 Å². The number of fused-ring (bicyclic) bond motifs is 3. The maximum absolute atomic E-state index is 5.47. The third kappa shape index (κ3) is 4.43. The van der Waals surface area contributed by atoms with Crippen LogP contribution in [0.15, 0.2) is 78.9 Å². The van der Waals surface area contributed by atoms with Crippen molar-refractivity contribution in [2.45, 2.75) is 27.7 Å². The molecule has 3 aromatic heterocycles. The van der Waals surface area contributed by atoms with Gasteiger partial charge in [-0.15, -0.1) is 0 Å². The Labute approximate surface area is 234 Å². The zero-order valence-corrected chi connectivity index (χ0v) is 23.7. The number of pyridine rings is 3. The molecule has 0 unspecified atom stereocenters. The standard InChI is InChI=1S/C35H31N3O2/c1-20-16-26(39-5)17-21(2)32(20)30-9-7-8-28(36-30)29-14-12-24-10-11-25-13-15-31(38-35(25)34(24)37-29)33-22(3)18-27(40-6)19-23(33)4/h7-19H,1-6H3. The first-order chi connectivity index (χ1) is 19.4. The Morgan fingerprint density at radius 2 is 0.825 bits per heavy atom. The molecular formula is C35H31N3O2. The van der Waals surface area contributed by atoms with Gasteiger partial charge in [-0.25, -0.2) is 15.0 Å². The highest BCUT2D eigenvalue weighted by Crippen LogP contribution is 2.34. The van der Waals surface area contributed by atoms with E-state index in [4.69, 9.17) is 24.4 Å². The summed E-state index contributed by atoms with van der Waals surface area (Å²) in [4.78, 5) is 15.3. The molecule has 40 heavy (non-hydrogen) atoms. The number of nitrogens with zero attached hydrogens (tertiary/aromatic N) is 3. The molecular weight excluding hydrogens is 494 g/mol. The molecule has 0 aliphatic rings. The van der Waals surface area contributed by atoms with E-state index < -0.39 is 0 Å². The van der Waals surface area contributed by atoms with Gasteiger partial charge in [0.2, 0.25) is 0 Å². The van der Waals surface area contributed by atoms with E-state index in [-0.39, 0.29) is 0 Å². The number of aryl methyl sites for hydroxylation is 4. The van der Waals surface area contributed by atoms with Crippen molar-refractivity contribution in [2.75, 3.05) is 14.2 Å². The Hall–Kier alpha value is -4.77. The molecule has 6 rings (SSSR count). The van der Waals surface area contributed by atoms with Crippen LogP contribution >= 0.6 is 0 Å². The third-order valence-corrected chi connectivity index (χ3v) is 7.53. The zero-order valence-electron chi connectivity index (χ0n) is 23.7. The van der Waals surface area contributed by atoms with E-state index in [2.05, 4.69) is 76.2 Å². The summed E-state index contributed by atoms with van der Waals surface area (Å²) in [5.41, 5.74) is 12.0. The molecule has 3 heterocycles. The third-order valence-electron chi connectivity index (χ3n) is 7.53. The van der Waals surface area contributed by atoms with Crippen LogP contribution in [0.3, 0.4) is 0 Å². The fourth-order valence-electron chi connectivity index (χ4n) is 5.66. The van der Waals surface area contributed by atoms with E-state index in [1.165, 1.54) is 0 Å². The molecule has 0 aliphatic heterocycles. The lowest BCUT2D eigenvalue weighted by atomic mass is 9.98. The van der Waals surface area contributed by atoms with E-state index in [1.54, 1.807) is 14.2 Å². The second-order valence-corrected chi connectivity index (χ2v) is 10.3. The van der Waals surface area contributed by atoms with Crippen molar-refractivity contribution in [2.24, 2.45) is 0 Å². The molecule has 0 fully saturated rings. The number of ether oxygens (including phenoxy) is 2. The van der Waals surface area contributed by atoms with Gasteiger partial charge in [-0.05, 0) is 98.5 Å². The summed E-state index contributed by atoms with van der Waals surface area (Å²) in [7, 11) is 3.39. The van der Waals surface area contributed by atoms with Gasteiger partial charge in [0.25, 0.3) is 0 Å². The van der Waals surface area contributed by atoms with Crippen LogP contribution in [-0.2, 0) is 0 Å². The van der Waals surface area contributed by atoms with Gasteiger partial charge < -0.3 is 9.47 Å². The number of benzene rings is 3. The van der Waals surface area contributed by atoms with Gasteiger partial charge in [0, 0.05) is 21.9 Å². The smallest absolute Gasteiger partial charge is 0.119 e. The van der Waals surface area contributed by atoms with Gasteiger partial charge >= 0.3 is 0 Å². The molecule has 5 nitrogen and oxygen atoms in total. The maximum Gasteiger partial charge on any atom is 0.119 e. The van der Waals surface area contributed by atoms with E-state index >= 15 is 0 Å². The second-order valence-electron chi connectivity index (χ2n) is 10.3. The normalized spacial score (nSPS) is 11.2. The average Bonchev–Trinajstić information content (AvgIpc) is 2.96. The highest BCUT2D eigenvalue weighted by Gasteiger charge is 2.14. The minimum absolute atomic E-state index is 0.815. The number of rotatable bonds is 5. The minimum atomic E-state index is 0.815. The summed E-state index contributed by atoms with van der Waals surface area (Å²) in [6.45, 7) is 8.38. The Kier molecular flexibility index (Phi) is 6.43. The fourth-order valence-corrected chi connectivity index (χ4v) is 5.66. The summed E-state index contributed by atoms with van der Waals surface area (Å²) in [5, 5.41) is 2.10. The van der Waals surface area contributed by atoms with Crippen LogP contribution in [0, 0.1) is 27.7 Å². The summed E-state index contributed by atoms with van der Waals surface area (Å²) in [6, 6.07) is 26.9. The Morgan fingerprint density at radius 1 is 0.450 bits per heavy atom. The number of hydrogen-bond acceptors (Lipinski definition) is 5. The Morgan fingerprint density at radius 3 is 1.32 bits per heavy atom. The van der Waals surface area contributed by atoms with Crippen LogP contribution in [0.1, 0.15) is 22.3 Å². The lowest BCUT2D eigenvalue weighted by Crippen LogP contribution is -1.97. The monoisotopic (exact) mass is 525 g/mol. The Balaban J connectivity index is 1.49. The first-order valence-electron chi connectivity index (χ1n) is 13.4. The number of aromatic nitrogens is 3. The molecule has 0 N–H and O–H groups in total. The minimum Gasteiger partial charge on any atom is -0.497 e. The first-order valence-corrected chi connectivity index (χ1v) is 13.4. The lowest BCUT2D eigenvalue weighted by molar-refractivity contribution is 0.414. The molecule has 0 saturated heterocycles. The summed E-state index contributed by atoms with van der Waals surface area (Å²) < 4.78 is 10.9. The van der Waals surface area contributed by atoms with E-state index in [0.717, 1.165) is 89.5 Å². The van der Waals surface area contributed by atoms with Gasteiger partial charge in [0.05, 0.1) is 48.0 Å². The van der Waals surface area contributed by atoms with Crippen molar-refractivity contribution in [3.05, 3.63) is 101 Å². The van der Waals surface area contributed by atoms with E-state index in [1.807, 2.05) is 30.3 Å². The van der Waals surface area contributed by atoms with Crippen LogP contribution in [0.25, 0.3) is 55.7 Å². The van der Waals surface area contributed by atoms with Crippen LogP contribution in [0.2, 0.25) is 0 Å². The van der Waals surface area contributed by atoms with Gasteiger partial charge in [-0.3, -0.25) is 0 Å². The van der Waals surface area contributed by atoms with Crippen molar-refractivity contribution in [1.82, 2.24) is 15.0 Å². The van der Waals surface area contributed by atoms with Gasteiger partial charge in [0.15, 0.2) is 0 Å². The van der Waals surface area contributed by atoms with Crippen molar-refractivity contribution in [1.29, 1.82) is 0 Å². The molecule has 0 atom stereocenters. The first kappa shape index (κ1) is 25.5. The average molecular weight is 526 g/mol. The number of hydrogen-bond donors (Lipinski definition) is 0. The summed E-state index contributed by atoms with van der Waals surface area (Å²) in [6.07, 6.45) is 0. The molecule has 0 amide bonds. The highest BCUT2D eigenvalue weighted by molar-refractivity contribution is 6.04. The van der Waals surface area contributed by atoms with Crippen LogP contribution < -0.4 is 9.47 Å². The quantitative estimate of drug-likeness (QED) is 0.211. The van der Waals surface area contributed by atoms with Gasteiger partial charge in [-0.2, -0.15) is 0 Å². The van der Waals surface area contributed by atoms with Crippen LogP contribution in [-0.4, -0.2) is 29.2 Å². The van der Waals surface area contributed by atoms with Crippen molar-refractivity contribution < 1.29 is 9.47 Å². The van der Waals surface area contributed by atoms with Crippen molar-refractivity contribution in [3.63, 3.8) is 0 Å². The summed E-state index contributed by atoms with van der Waals surface area (Å²) >= 11 is 0. The van der Waals surface area contributed by atoms with Gasteiger partial charge in [-0.1, -0.05) is 30.3 Å². The van der Waals surface area contributed by atoms with Gasteiger partial charge in [0.1, 0.15) is 11.5 Å². The predicted molar refractivity (Wildman–Crippen MR) is 163 cm³/mol. The molecule has 0 bridgehead atoms. The highest BCUT2D eigenvalue weighted by atomic mass is 16.5. The SMILES string of the molecule is COc1cc(C)c(-c2cccc(-c3ccc4ccc5ccc(-c6c(C)cc(OC)cc6C)nc5c4n3)n2)c(C)c1. The second kappa shape index (κ2) is 10.1. The Bertz CT molecular complexity index is 1880. The molecule has 5 heteroatoms. The fraction of sp³-hybridized carbons (Fsp3) is 0.171. The summed E-state index contributed by atoms with van der Waals surface area (Å²) in [5.74, 6) is 1.70.